The molecule has 0 aliphatic heterocycles. The summed E-state index contributed by atoms with van der Waals surface area (Å²) in [4.78, 5) is 60.8. The second kappa shape index (κ2) is 25.0. The smallest absolute Gasteiger partial charge is 0.337 e. The van der Waals surface area contributed by atoms with Crippen molar-refractivity contribution in [1.82, 2.24) is 0 Å². The molecule has 0 saturated heterocycles. The molecule has 7 aromatic carbocycles. The molecule has 0 saturated carbocycles. The van der Waals surface area contributed by atoms with E-state index >= 15 is 0 Å². The fourth-order valence-electron chi connectivity index (χ4n) is 7.16. The number of carbonyl (C=O) groups is 5. The van der Waals surface area contributed by atoms with Crippen LogP contribution in [0.3, 0.4) is 0 Å². The summed E-state index contributed by atoms with van der Waals surface area (Å²) in [5.41, 5.74) is 6.07. The average Bonchev–Trinajstić information content (AvgIpc) is 3.43. The van der Waals surface area contributed by atoms with E-state index in [9.17, 15) is 24.0 Å². The lowest BCUT2D eigenvalue weighted by Gasteiger charge is -2.20. The molecular weight excluding hydrogens is 925 g/mol. The van der Waals surface area contributed by atoms with Crippen molar-refractivity contribution >= 4 is 30.2 Å². The Bertz CT molecular complexity index is 2980. The van der Waals surface area contributed by atoms with E-state index in [1.807, 2.05) is 12.1 Å². The first-order valence-electron chi connectivity index (χ1n) is 22.4. The number of benzene rings is 7. The van der Waals surface area contributed by atoms with Crippen molar-refractivity contribution in [3.63, 3.8) is 0 Å². The molecule has 15 heteroatoms. The predicted molar refractivity (Wildman–Crippen MR) is 262 cm³/mol. The highest BCUT2D eigenvalue weighted by atomic mass is 16.5. The molecule has 0 heterocycles. The standard InChI is InChI=1S/C57H50O15/c1-63-54(59)41-22-14-37(15-23-41)31-67-49-12-6-9-46(52(49)70-33-39-18-26-43(27-19-39)56(61)65-3)35-69-48-11-5-8-45(30-58)51(48)72-36-47-10-7-13-50(68-32-38-16-24-42(25-17-38)55(60)64-2)53(47)71-34-40-20-28-44(29-21-40)57(62)66-4/h5-30H,31-36H2,1-4H3. The number of carbonyl (C=O) groups excluding carboxylic acids is 5. The minimum atomic E-state index is -0.464. The van der Waals surface area contributed by atoms with Crippen molar-refractivity contribution < 1.29 is 71.3 Å². The number of hydrogen-bond donors (Lipinski definition) is 0. The van der Waals surface area contributed by atoms with E-state index in [2.05, 4.69) is 0 Å². The molecule has 0 atom stereocenters. The molecule has 0 amide bonds. The van der Waals surface area contributed by atoms with Crippen LogP contribution in [0.5, 0.6) is 34.5 Å². The van der Waals surface area contributed by atoms with Crippen LogP contribution in [0.25, 0.3) is 0 Å². The van der Waals surface area contributed by atoms with Crippen molar-refractivity contribution in [2.24, 2.45) is 0 Å². The Morgan fingerprint density at radius 1 is 0.333 bits per heavy atom. The van der Waals surface area contributed by atoms with Gasteiger partial charge in [0.25, 0.3) is 0 Å². The van der Waals surface area contributed by atoms with Gasteiger partial charge < -0.3 is 47.4 Å². The van der Waals surface area contributed by atoms with Crippen LogP contribution in [-0.4, -0.2) is 58.6 Å². The third-order valence-corrected chi connectivity index (χ3v) is 11.1. The summed E-state index contributed by atoms with van der Waals surface area (Å²) in [5.74, 6) is 0.150. The number of para-hydroxylation sites is 3. The van der Waals surface area contributed by atoms with Crippen LogP contribution >= 0.6 is 0 Å². The van der Waals surface area contributed by atoms with Crippen LogP contribution in [0.2, 0.25) is 0 Å². The quantitative estimate of drug-likeness (QED) is 0.0336. The Hall–Kier alpha value is -9.11. The summed E-state index contributed by atoms with van der Waals surface area (Å²) in [6, 6.07) is 43.0. The third-order valence-electron chi connectivity index (χ3n) is 11.1. The maximum absolute atomic E-state index is 12.6. The first-order valence-corrected chi connectivity index (χ1v) is 22.4. The van der Waals surface area contributed by atoms with Gasteiger partial charge in [-0.1, -0.05) is 78.9 Å². The van der Waals surface area contributed by atoms with Gasteiger partial charge in [0.05, 0.1) is 56.3 Å². The van der Waals surface area contributed by atoms with E-state index in [1.54, 1.807) is 140 Å². The van der Waals surface area contributed by atoms with Crippen molar-refractivity contribution in [3.8, 4) is 34.5 Å². The Balaban J connectivity index is 1.13. The molecule has 0 aromatic heterocycles. The highest BCUT2D eigenvalue weighted by Crippen LogP contribution is 2.38. The lowest BCUT2D eigenvalue weighted by molar-refractivity contribution is 0.0592. The molecule has 0 radical (unpaired) electrons. The maximum atomic E-state index is 12.6. The number of aldehydes is 1. The van der Waals surface area contributed by atoms with Gasteiger partial charge >= 0.3 is 23.9 Å². The van der Waals surface area contributed by atoms with Gasteiger partial charge in [0.2, 0.25) is 0 Å². The minimum Gasteiger partial charge on any atom is -0.485 e. The average molecular weight is 975 g/mol. The van der Waals surface area contributed by atoms with Crippen LogP contribution in [0.15, 0.2) is 152 Å². The Morgan fingerprint density at radius 2 is 0.611 bits per heavy atom. The second-order valence-corrected chi connectivity index (χ2v) is 15.8. The van der Waals surface area contributed by atoms with Crippen molar-refractivity contribution in [3.05, 3.63) is 213 Å². The molecule has 0 N–H and O–H groups in total. The van der Waals surface area contributed by atoms with Crippen LogP contribution < -0.4 is 28.4 Å². The lowest BCUT2D eigenvalue weighted by Crippen LogP contribution is -2.08. The minimum absolute atomic E-state index is 0.0482. The molecule has 72 heavy (non-hydrogen) atoms. The van der Waals surface area contributed by atoms with Gasteiger partial charge in [-0.25, -0.2) is 19.2 Å². The third kappa shape index (κ3) is 13.1. The molecule has 0 aliphatic rings. The molecular formula is C57H50O15. The van der Waals surface area contributed by atoms with Gasteiger partial charge in [-0.15, -0.1) is 0 Å². The maximum Gasteiger partial charge on any atom is 0.337 e. The summed E-state index contributed by atoms with van der Waals surface area (Å²) in [7, 11) is 5.27. The fraction of sp³-hybridized carbons (Fsp3) is 0.175. The van der Waals surface area contributed by atoms with Gasteiger partial charge in [0, 0.05) is 11.1 Å². The molecule has 0 spiro atoms. The van der Waals surface area contributed by atoms with E-state index in [4.69, 9.17) is 47.4 Å². The van der Waals surface area contributed by atoms with Gasteiger partial charge in [0.15, 0.2) is 40.8 Å². The molecule has 7 rings (SSSR count). The number of ether oxygens (including phenoxy) is 10. The number of methoxy groups -OCH3 is 4. The van der Waals surface area contributed by atoms with Crippen molar-refractivity contribution in [2.45, 2.75) is 39.6 Å². The predicted octanol–water partition coefficient (Wildman–Crippen LogP) is 10.1. The molecule has 368 valence electrons. The van der Waals surface area contributed by atoms with Crippen molar-refractivity contribution in [2.75, 3.05) is 28.4 Å². The summed E-state index contributed by atoms with van der Waals surface area (Å²) < 4.78 is 57.7. The Morgan fingerprint density at radius 3 is 0.944 bits per heavy atom. The molecule has 0 bridgehead atoms. The van der Waals surface area contributed by atoms with Gasteiger partial charge in [-0.2, -0.15) is 0 Å². The van der Waals surface area contributed by atoms with Crippen molar-refractivity contribution in [1.29, 1.82) is 0 Å². The SMILES string of the molecule is COC(=O)c1ccc(COc2cccc(COc3cccc(C=O)c3OCc3cccc(OCc4ccc(C(=O)OC)cc4)c3OCc3ccc(C(=O)OC)cc3)c2OCc2ccc(C(=O)OC)cc2)cc1. The fourth-order valence-corrected chi connectivity index (χ4v) is 7.16. The second-order valence-electron chi connectivity index (χ2n) is 15.8. The normalized spacial score (nSPS) is 10.6. The largest absolute Gasteiger partial charge is 0.485 e. The number of esters is 4. The molecule has 0 aliphatic carbocycles. The van der Waals surface area contributed by atoms with E-state index < -0.39 is 23.9 Å². The first kappa shape index (κ1) is 50.8. The van der Waals surface area contributed by atoms with E-state index in [0.717, 1.165) is 22.3 Å². The Kier molecular flexibility index (Phi) is 17.6. The summed E-state index contributed by atoms with van der Waals surface area (Å²) >= 11 is 0. The molecule has 0 unspecified atom stereocenters. The number of rotatable bonds is 23. The molecule has 7 aromatic rings. The van der Waals surface area contributed by atoms with Gasteiger partial charge in [-0.3, -0.25) is 4.79 Å². The van der Waals surface area contributed by atoms with E-state index in [-0.39, 0.29) is 56.7 Å². The van der Waals surface area contributed by atoms with Gasteiger partial charge in [0.1, 0.15) is 39.6 Å². The van der Waals surface area contributed by atoms with Crippen LogP contribution in [0.4, 0.5) is 0 Å². The van der Waals surface area contributed by atoms with Crippen LogP contribution in [0.1, 0.15) is 85.2 Å². The lowest BCUT2D eigenvalue weighted by atomic mass is 10.1. The topological polar surface area (TPSA) is 178 Å². The monoisotopic (exact) mass is 974 g/mol. The zero-order chi connectivity index (χ0) is 50.8. The molecule has 15 nitrogen and oxygen atoms in total. The first-order chi connectivity index (χ1) is 35.1. The number of hydrogen-bond acceptors (Lipinski definition) is 15. The summed E-state index contributed by atoms with van der Waals surface area (Å²) in [5, 5.41) is 0. The zero-order valence-electron chi connectivity index (χ0n) is 39.9. The summed E-state index contributed by atoms with van der Waals surface area (Å²) in [6.45, 7) is 0.328. The van der Waals surface area contributed by atoms with Crippen LogP contribution in [-0.2, 0) is 58.6 Å². The highest BCUT2D eigenvalue weighted by Gasteiger charge is 2.20. The zero-order valence-corrected chi connectivity index (χ0v) is 39.9. The van der Waals surface area contributed by atoms with E-state index in [1.165, 1.54) is 28.4 Å². The highest BCUT2D eigenvalue weighted by molar-refractivity contribution is 5.90. The van der Waals surface area contributed by atoms with Gasteiger partial charge in [-0.05, 0) is 95.1 Å². The van der Waals surface area contributed by atoms with Crippen LogP contribution in [0, 0.1) is 0 Å². The molecule has 0 fully saturated rings. The van der Waals surface area contributed by atoms with E-state index in [0.29, 0.717) is 62.7 Å². The summed E-state index contributed by atoms with van der Waals surface area (Å²) in [6.07, 6.45) is 0.675. The Labute approximate surface area is 415 Å².